The minimum atomic E-state index is -0.811. The van der Waals surface area contributed by atoms with Crippen LogP contribution in [0.4, 0.5) is 5.95 Å². The lowest BCUT2D eigenvalue weighted by Crippen LogP contribution is -2.23. The van der Waals surface area contributed by atoms with E-state index in [0.717, 1.165) is 43.0 Å². The molecule has 1 unspecified atom stereocenters. The number of anilines is 1. The second-order valence-corrected chi connectivity index (χ2v) is 6.52. The van der Waals surface area contributed by atoms with Crippen LogP contribution in [0, 0.1) is 5.92 Å². The number of nitrogens with zero attached hydrogens (tertiary/aromatic N) is 4. The molecule has 0 aromatic carbocycles. The van der Waals surface area contributed by atoms with E-state index in [1.807, 2.05) is 0 Å². The molecule has 1 aromatic heterocycles. The highest BCUT2D eigenvalue weighted by Gasteiger charge is 2.33. The molecular weight excluding hydrogens is 276 g/mol. The molecule has 2 fully saturated rings. The number of carbonyl (C=O) groups is 1. The SMILES string of the molecule is CCC1CCN(c2nnc(SCC(=O)O)n2C2CC2)C1. The molecule has 1 aliphatic carbocycles. The maximum Gasteiger partial charge on any atom is 0.313 e. The molecule has 0 amide bonds. The predicted molar refractivity (Wildman–Crippen MR) is 77.3 cm³/mol. The highest BCUT2D eigenvalue weighted by atomic mass is 32.2. The van der Waals surface area contributed by atoms with E-state index in [1.165, 1.54) is 24.6 Å². The third-order valence-electron chi connectivity index (χ3n) is 4.03. The minimum Gasteiger partial charge on any atom is -0.481 e. The first-order valence-corrected chi connectivity index (χ1v) is 8.22. The van der Waals surface area contributed by atoms with Crippen LogP contribution in [0.15, 0.2) is 5.16 Å². The van der Waals surface area contributed by atoms with Crippen molar-refractivity contribution in [3.63, 3.8) is 0 Å². The molecule has 1 saturated carbocycles. The normalized spacial score (nSPS) is 22.4. The van der Waals surface area contributed by atoms with Crippen LogP contribution < -0.4 is 4.90 Å². The first-order valence-electron chi connectivity index (χ1n) is 7.23. The lowest BCUT2D eigenvalue weighted by atomic mass is 10.1. The van der Waals surface area contributed by atoms with Crippen LogP contribution in [-0.2, 0) is 4.79 Å². The Morgan fingerprint density at radius 1 is 1.40 bits per heavy atom. The van der Waals surface area contributed by atoms with E-state index in [2.05, 4.69) is 26.6 Å². The van der Waals surface area contributed by atoms with Gasteiger partial charge in [0.15, 0.2) is 5.16 Å². The summed E-state index contributed by atoms with van der Waals surface area (Å²) >= 11 is 1.27. The largest absolute Gasteiger partial charge is 0.481 e. The number of hydrogen-bond donors (Lipinski definition) is 1. The number of rotatable bonds is 6. The fourth-order valence-electron chi connectivity index (χ4n) is 2.71. The molecule has 7 heteroatoms. The number of carboxylic acid groups (broad SMARTS) is 1. The number of aliphatic carboxylic acids is 1. The Morgan fingerprint density at radius 2 is 2.20 bits per heavy atom. The molecule has 1 N–H and O–H groups in total. The van der Waals surface area contributed by atoms with Gasteiger partial charge in [-0.15, -0.1) is 10.2 Å². The van der Waals surface area contributed by atoms with E-state index in [9.17, 15) is 4.79 Å². The molecule has 0 bridgehead atoms. The van der Waals surface area contributed by atoms with Gasteiger partial charge >= 0.3 is 5.97 Å². The van der Waals surface area contributed by atoms with Crippen molar-refractivity contribution < 1.29 is 9.90 Å². The van der Waals surface area contributed by atoms with Crippen LogP contribution in [0.2, 0.25) is 0 Å². The Hall–Kier alpha value is -1.24. The van der Waals surface area contributed by atoms with E-state index >= 15 is 0 Å². The van der Waals surface area contributed by atoms with Crippen molar-refractivity contribution in [3.05, 3.63) is 0 Å². The zero-order chi connectivity index (χ0) is 14.1. The first-order chi connectivity index (χ1) is 9.69. The first kappa shape index (κ1) is 13.7. The smallest absolute Gasteiger partial charge is 0.313 e. The standard InChI is InChI=1S/C13H20N4O2S/c1-2-9-5-6-16(7-9)12-14-15-13(20-8-11(18)19)17(12)10-3-4-10/h9-10H,2-8H2,1H3,(H,18,19). The quantitative estimate of drug-likeness (QED) is 0.810. The summed E-state index contributed by atoms with van der Waals surface area (Å²) in [4.78, 5) is 13.0. The van der Waals surface area contributed by atoms with Crippen molar-refractivity contribution in [3.8, 4) is 0 Å². The fraction of sp³-hybridized carbons (Fsp3) is 0.769. The molecule has 2 heterocycles. The summed E-state index contributed by atoms with van der Waals surface area (Å²) in [7, 11) is 0. The summed E-state index contributed by atoms with van der Waals surface area (Å²) in [6.45, 7) is 4.31. The van der Waals surface area contributed by atoms with Gasteiger partial charge in [0.25, 0.3) is 0 Å². The third kappa shape index (κ3) is 2.77. The van der Waals surface area contributed by atoms with E-state index in [-0.39, 0.29) is 5.75 Å². The number of thioether (sulfide) groups is 1. The Labute approximate surface area is 122 Å². The van der Waals surface area contributed by atoms with Gasteiger partial charge in [-0.05, 0) is 25.2 Å². The van der Waals surface area contributed by atoms with Gasteiger partial charge in [-0.1, -0.05) is 25.1 Å². The molecule has 2 aliphatic rings. The third-order valence-corrected chi connectivity index (χ3v) is 4.96. The number of hydrogen-bond acceptors (Lipinski definition) is 5. The zero-order valence-electron chi connectivity index (χ0n) is 11.7. The summed E-state index contributed by atoms with van der Waals surface area (Å²) < 4.78 is 2.16. The Kier molecular flexibility index (Phi) is 3.87. The van der Waals surface area contributed by atoms with Crippen LogP contribution in [-0.4, -0.2) is 44.7 Å². The van der Waals surface area contributed by atoms with Gasteiger partial charge in [0.05, 0.1) is 5.75 Å². The Balaban J connectivity index is 1.78. The maximum absolute atomic E-state index is 10.7. The summed E-state index contributed by atoms with van der Waals surface area (Å²) in [5, 5.41) is 18.1. The van der Waals surface area contributed by atoms with Crippen LogP contribution in [0.25, 0.3) is 0 Å². The van der Waals surface area contributed by atoms with Crippen molar-refractivity contribution in [2.75, 3.05) is 23.7 Å². The minimum absolute atomic E-state index is 0.0441. The number of carboxylic acids is 1. The van der Waals surface area contributed by atoms with Crippen LogP contribution in [0.1, 0.15) is 38.6 Å². The van der Waals surface area contributed by atoms with Crippen molar-refractivity contribution in [2.24, 2.45) is 5.92 Å². The average Bonchev–Trinajstić information content (AvgIpc) is 3.01. The summed E-state index contributed by atoms with van der Waals surface area (Å²) in [5.74, 6) is 0.919. The van der Waals surface area contributed by atoms with Gasteiger partial charge in [-0.25, -0.2) is 0 Å². The topological polar surface area (TPSA) is 71.2 Å². The van der Waals surface area contributed by atoms with Gasteiger partial charge in [-0.3, -0.25) is 9.36 Å². The van der Waals surface area contributed by atoms with Crippen molar-refractivity contribution >= 4 is 23.7 Å². The molecule has 6 nitrogen and oxygen atoms in total. The highest BCUT2D eigenvalue weighted by molar-refractivity contribution is 7.99. The zero-order valence-corrected chi connectivity index (χ0v) is 12.5. The van der Waals surface area contributed by atoms with E-state index in [0.29, 0.717) is 6.04 Å². The Bertz CT molecular complexity index is 501. The molecule has 1 aliphatic heterocycles. The molecule has 0 spiro atoms. The molecule has 20 heavy (non-hydrogen) atoms. The van der Waals surface area contributed by atoms with Gasteiger partial charge < -0.3 is 10.0 Å². The molecule has 1 atom stereocenters. The maximum atomic E-state index is 10.7. The van der Waals surface area contributed by atoms with Gasteiger partial charge in [-0.2, -0.15) is 0 Å². The number of aromatic nitrogens is 3. The van der Waals surface area contributed by atoms with Crippen LogP contribution >= 0.6 is 11.8 Å². The summed E-state index contributed by atoms with van der Waals surface area (Å²) in [6.07, 6.45) is 4.72. The van der Waals surface area contributed by atoms with Crippen molar-refractivity contribution in [1.29, 1.82) is 0 Å². The summed E-state index contributed by atoms with van der Waals surface area (Å²) in [5.41, 5.74) is 0. The van der Waals surface area contributed by atoms with E-state index in [4.69, 9.17) is 5.11 Å². The van der Waals surface area contributed by atoms with E-state index < -0.39 is 5.97 Å². The molecule has 0 radical (unpaired) electrons. The van der Waals surface area contributed by atoms with E-state index in [1.54, 1.807) is 0 Å². The van der Waals surface area contributed by atoms with Gasteiger partial charge in [0, 0.05) is 19.1 Å². The lowest BCUT2D eigenvalue weighted by Gasteiger charge is -2.18. The van der Waals surface area contributed by atoms with Gasteiger partial charge in [0.1, 0.15) is 0 Å². The second kappa shape index (κ2) is 5.63. The lowest BCUT2D eigenvalue weighted by molar-refractivity contribution is -0.133. The van der Waals surface area contributed by atoms with Crippen molar-refractivity contribution in [2.45, 2.75) is 43.8 Å². The molecule has 1 aromatic rings. The summed E-state index contributed by atoms with van der Waals surface area (Å²) in [6, 6.07) is 0.469. The fourth-order valence-corrected chi connectivity index (χ4v) is 3.43. The highest BCUT2D eigenvalue weighted by Crippen LogP contribution is 2.41. The van der Waals surface area contributed by atoms with Crippen molar-refractivity contribution in [1.82, 2.24) is 14.8 Å². The molecule has 1 saturated heterocycles. The average molecular weight is 296 g/mol. The molecule has 110 valence electrons. The Morgan fingerprint density at radius 3 is 2.80 bits per heavy atom. The van der Waals surface area contributed by atoms with Gasteiger partial charge in [0.2, 0.25) is 5.95 Å². The second-order valence-electron chi connectivity index (χ2n) is 5.58. The van der Waals surface area contributed by atoms with Crippen LogP contribution in [0.3, 0.4) is 0 Å². The predicted octanol–water partition coefficient (Wildman–Crippen LogP) is 2.03. The molecule has 3 rings (SSSR count). The molecular formula is C13H20N4O2S. The van der Waals surface area contributed by atoms with Crippen LogP contribution in [0.5, 0.6) is 0 Å². The monoisotopic (exact) mass is 296 g/mol.